The Morgan fingerprint density at radius 2 is 1.57 bits per heavy atom. The van der Waals surface area contributed by atoms with E-state index in [1.165, 1.54) is 18.5 Å². The van der Waals surface area contributed by atoms with Crippen molar-refractivity contribution in [3.05, 3.63) is 65.7 Å². The fraction of sp³-hybridized carbons (Fsp3) is 0. The van der Waals surface area contributed by atoms with Gasteiger partial charge in [-0.3, -0.25) is 0 Å². The van der Waals surface area contributed by atoms with Crippen LogP contribution >= 0.6 is 11.6 Å². The molecular formula is C16H13ClFN5. The van der Waals surface area contributed by atoms with Crippen molar-refractivity contribution in [3.8, 4) is 0 Å². The molecule has 1 aromatic heterocycles. The molecular weight excluding hydrogens is 317 g/mol. The number of nitrogens with two attached hydrogens (primary N) is 1. The fourth-order valence-electron chi connectivity index (χ4n) is 1.96. The Bertz CT molecular complexity index is 826. The van der Waals surface area contributed by atoms with E-state index in [1.54, 1.807) is 6.07 Å². The number of anilines is 5. The molecule has 7 heteroatoms. The zero-order valence-electron chi connectivity index (χ0n) is 11.9. The Kier molecular flexibility index (Phi) is 4.25. The van der Waals surface area contributed by atoms with E-state index in [4.69, 9.17) is 17.3 Å². The molecule has 0 bridgehead atoms. The Labute approximate surface area is 137 Å². The van der Waals surface area contributed by atoms with Crippen LogP contribution in [0.1, 0.15) is 0 Å². The topological polar surface area (TPSA) is 75.9 Å². The SMILES string of the molecule is Nc1c(Nc2ccccc2)ncnc1Nc1ccc(F)c(Cl)c1. The number of hydrogen-bond acceptors (Lipinski definition) is 5. The summed E-state index contributed by atoms with van der Waals surface area (Å²) in [5, 5.41) is 6.13. The second-order valence-corrected chi connectivity index (χ2v) is 5.14. The normalized spacial score (nSPS) is 10.3. The number of benzene rings is 2. The number of rotatable bonds is 4. The van der Waals surface area contributed by atoms with E-state index in [-0.39, 0.29) is 5.02 Å². The number of nitrogens with one attached hydrogen (secondary N) is 2. The van der Waals surface area contributed by atoms with Crippen LogP contribution < -0.4 is 16.4 Å². The van der Waals surface area contributed by atoms with Gasteiger partial charge in [0.15, 0.2) is 11.6 Å². The predicted molar refractivity (Wildman–Crippen MR) is 90.9 cm³/mol. The molecule has 0 saturated carbocycles. The van der Waals surface area contributed by atoms with Gasteiger partial charge in [-0.25, -0.2) is 14.4 Å². The van der Waals surface area contributed by atoms with E-state index in [9.17, 15) is 4.39 Å². The van der Waals surface area contributed by atoms with Gasteiger partial charge in [0, 0.05) is 11.4 Å². The summed E-state index contributed by atoms with van der Waals surface area (Å²) in [6.45, 7) is 0. The van der Waals surface area contributed by atoms with Crippen molar-refractivity contribution in [2.24, 2.45) is 0 Å². The van der Waals surface area contributed by atoms with Crippen LogP contribution in [0.4, 0.5) is 33.1 Å². The van der Waals surface area contributed by atoms with E-state index >= 15 is 0 Å². The molecule has 3 aromatic rings. The van der Waals surface area contributed by atoms with Crippen molar-refractivity contribution >= 4 is 40.3 Å². The molecule has 23 heavy (non-hydrogen) atoms. The minimum Gasteiger partial charge on any atom is -0.393 e. The highest BCUT2D eigenvalue weighted by Gasteiger charge is 2.09. The van der Waals surface area contributed by atoms with E-state index < -0.39 is 5.82 Å². The minimum atomic E-state index is -0.487. The summed E-state index contributed by atoms with van der Waals surface area (Å²) in [5.74, 6) is 0.391. The van der Waals surface area contributed by atoms with Crippen molar-refractivity contribution in [1.29, 1.82) is 0 Å². The van der Waals surface area contributed by atoms with Crippen LogP contribution in [0.15, 0.2) is 54.9 Å². The highest BCUT2D eigenvalue weighted by molar-refractivity contribution is 6.31. The minimum absolute atomic E-state index is 0.0188. The summed E-state index contributed by atoms with van der Waals surface area (Å²) in [5.41, 5.74) is 7.87. The summed E-state index contributed by atoms with van der Waals surface area (Å²) >= 11 is 5.77. The highest BCUT2D eigenvalue weighted by Crippen LogP contribution is 2.29. The summed E-state index contributed by atoms with van der Waals surface area (Å²) in [7, 11) is 0. The Balaban J connectivity index is 1.86. The van der Waals surface area contributed by atoms with Crippen LogP contribution in [0.2, 0.25) is 5.02 Å². The molecule has 1 heterocycles. The van der Waals surface area contributed by atoms with Gasteiger partial charge in [-0.05, 0) is 30.3 Å². The molecule has 0 spiro atoms. The van der Waals surface area contributed by atoms with Crippen LogP contribution in [0, 0.1) is 5.82 Å². The number of nitrogens with zero attached hydrogens (tertiary/aromatic N) is 2. The smallest absolute Gasteiger partial charge is 0.159 e. The molecule has 116 valence electrons. The van der Waals surface area contributed by atoms with Gasteiger partial charge in [0.1, 0.15) is 17.8 Å². The largest absolute Gasteiger partial charge is 0.393 e. The van der Waals surface area contributed by atoms with Crippen LogP contribution in [0.25, 0.3) is 0 Å². The quantitative estimate of drug-likeness (QED) is 0.664. The van der Waals surface area contributed by atoms with Crippen LogP contribution in [0.5, 0.6) is 0 Å². The number of nitrogen functional groups attached to an aromatic ring is 1. The highest BCUT2D eigenvalue weighted by atomic mass is 35.5. The maximum absolute atomic E-state index is 13.2. The van der Waals surface area contributed by atoms with Crippen LogP contribution in [-0.4, -0.2) is 9.97 Å². The average molecular weight is 330 g/mol. The second kappa shape index (κ2) is 6.50. The lowest BCUT2D eigenvalue weighted by Crippen LogP contribution is -2.05. The van der Waals surface area contributed by atoms with Gasteiger partial charge in [-0.1, -0.05) is 29.8 Å². The van der Waals surface area contributed by atoms with Crippen molar-refractivity contribution in [3.63, 3.8) is 0 Å². The molecule has 2 aromatic carbocycles. The Morgan fingerprint density at radius 3 is 2.22 bits per heavy atom. The maximum Gasteiger partial charge on any atom is 0.159 e. The third-order valence-corrected chi connectivity index (χ3v) is 3.39. The van der Waals surface area contributed by atoms with Crippen molar-refractivity contribution < 1.29 is 4.39 Å². The lowest BCUT2D eigenvalue weighted by Gasteiger charge is -2.12. The van der Waals surface area contributed by atoms with E-state index in [1.807, 2.05) is 30.3 Å². The van der Waals surface area contributed by atoms with E-state index in [2.05, 4.69) is 20.6 Å². The molecule has 4 N–H and O–H groups in total. The molecule has 0 fully saturated rings. The lowest BCUT2D eigenvalue weighted by atomic mass is 10.3. The fourth-order valence-corrected chi connectivity index (χ4v) is 2.14. The maximum atomic E-state index is 13.2. The van der Waals surface area contributed by atoms with Gasteiger partial charge in [-0.2, -0.15) is 0 Å². The molecule has 5 nitrogen and oxygen atoms in total. The van der Waals surface area contributed by atoms with Crippen LogP contribution in [0.3, 0.4) is 0 Å². The number of halogens is 2. The molecule has 0 atom stereocenters. The molecule has 0 aliphatic rings. The average Bonchev–Trinajstić information content (AvgIpc) is 2.56. The molecule has 0 radical (unpaired) electrons. The molecule has 0 saturated heterocycles. The second-order valence-electron chi connectivity index (χ2n) is 4.73. The monoisotopic (exact) mass is 329 g/mol. The zero-order valence-corrected chi connectivity index (χ0v) is 12.7. The summed E-state index contributed by atoms with van der Waals surface area (Å²) in [6, 6.07) is 13.8. The Morgan fingerprint density at radius 1 is 0.913 bits per heavy atom. The van der Waals surface area contributed by atoms with Gasteiger partial charge in [0.25, 0.3) is 0 Å². The molecule has 0 amide bonds. The summed E-state index contributed by atoms with van der Waals surface area (Å²) in [6.07, 6.45) is 1.38. The first-order chi connectivity index (χ1) is 11.1. The third kappa shape index (κ3) is 3.49. The first-order valence-electron chi connectivity index (χ1n) is 6.78. The molecule has 0 aliphatic carbocycles. The molecule has 0 unspecified atom stereocenters. The van der Waals surface area contributed by atoms with Crippen LogP contribution in [-0.2, 0) is 0 Å². The lowest BCUT2D eigenvalue weighted by molar-refractivity contribution is 0.628. The summed E-state index contributed by atoms with van der Waals surface area (Å²) in [4.78, 5) is 8.24. The molecule has 3 rings (SSSR count). The van der Waals surface area contributed by atoms with Gasteiger partial charge >= 0.3 is 0 Å². The van der Waals surface area contributed by atoms with Crippen molar-refractivity contribution in [2.45, 2.75) is 0 Å². The van der Waals surface area contributed by atoms with E-state index in [0.29, 0.717) is 23.0 Å². The first-order valence-corrected chi connectivity index (χ1v) is 7.16. The van der Waals surface area contributed by atoms with Gasteiger partial charge in [0.2, 0.25) is 0 Å². The van der Waals surface area contributed by atoms with Crippen molar-refractivity contribution in [2.75, 3.05) is 16.4 Å². The number of hydrogen-bond donors (Lipinski definition) is 3. The standard InChI is InChI=1S/C16H13ClFN5/c17-12-8-11(6-7-13(12)18)23-16-14(19)15(20-9-21-16)22-10-4-2-1-3-5-10/h1-9H,19H2,(H2,20,21,22,23). The zero-order chi connectivity index (χ0) is 16.2. The predicted octanol–water partition coefficient (Wildman–Crippen LogP) is 4.34. The van der Waals surface area contributed by atoms with Crippen molar-refractivity contribution in [1.82, 2.24) is 9.97 Å². The van der Waals surface area contributed by atoms with Gasteiger partial charge < -0.3 is 16.4 Å². The number of para-hydroxylation sites is 1. The van der Waals surface area contributed by atoms with Gasteiger partial charge in [0.05, 0.1) is 5.02 Å². The first kappa shape index (κ1) is 15.1. The summed E-state index contributed by atoms with van der Waals surface area (Å²) < 4.78 is 13.2. The molecule has 0 aliphatic heterocycles. The van der Waals surface area contributed by atoms with Gasteiger partial charge in [-0.15, -0.1) is 0 Å². The van der Waals surface area contributed by atoms with E-state index in [0.717, 1.165) is 5.69 Å². The Hall–Kier alpha value is -2.86. The number of aromatic nitrogens is 2. The third-order valence-electron chi connectivity index (χ3n) is 3.10.